The molecule has 1 N–H and O–H groups in total. The topological polar surface area (TPSA) is 94.2 Å². The molecule has 0 bridgehead atoms. The summed E-state index contributed by atoms with van der Waals surface area (Å²) in [6.45, 7) is 6.12. The number of ether oxygens (including phenoxy) is 3. The van der Waals surface area contributed by atoms with Crippen LogP contribution in [0.2, 0.25) is 0 Å². The molecule has 184 valence electrons. The summed E-state index contributed by atoms with van der Waals surface area (Å²) in [6, 6.07) is 12.3. The van der Waals surface area contributed by atoms with Gasteiger partial charge in [0, 0.05) is 31.5 Å². The summed E-state index contributed by atoms with van der Waals surface area (Å²) in [7, 11) is -3.68. The van der Waals surface area contributed by atoms with Gasteiger partial charge in [-0.3, -0.25) is 4.79 Å². The number of fused-ring (bicyclic) bond motifs is 1. The molecule has 1 saturated heterocycles. The zero-order valence-corrected chi connectivity index (χ0v) is 20.5. The Morgan fingerprint density at radius 1 is 1.09 bits per heavy atom. The number of carbonyl (C=O) groups excluding carboxylic acids is 1. The molecule has 2 aromatic carbocycles. The molecule has 0 saturated carbocycles. The number of carbonyl (C=O) groups is 1. The number of sulfonamides is 1. The molecule has 1 amide bonds. The van der Waals surface area contributed by atoms with Gasteiger partial charge in [-0.2, -0.15) is 4.31 Å². The van der Waals surface area contributed by atoms with Crippen LogP contribution in [0.4, 0.5) is 0 Å². The number of nitrogens with zero attached hydrogens (tertiary/aromatic N) is 1. The average Bonchev–Trinajstić information content (AvgIpc) is 3.09. The van der Waals surface area contributed by atoms with Crippen molar-refractivity contribution in [2.45, 2.75) is 44.0 Å². The summed E-state index contributed by atoms with van der Waals surface area (Å²) in [5.74, 6) is 1.55. The van der Waals surface area contributed by atoms with E-state index in [2.05, 4.69) is 5.32 Å². The smallest absolute Gasteiger partial charge is 0.243 e. The predicted octanol–water partition coefficient (Wildman–Crippen LogP) is 3.52. The molecule has 8 nitrogen and oxygen atoms in total. The fourth-order valence-electron chi connectivity index (χ4n) is 4.25. The summed E-state index contributed by atoms with van der Waals surface area (Å²) in [5.41, 5.74) is 0.992. The van der Waals surface area contributed by atoms with Crippen molar-refractivity contribution < 1.29 is 27.4 Å². The van der Waals surface area contributed by atoms with Gasteiger partial charge >= 0.3 is 0 Å². The Hall–Kier alpha value is -2.78. The third-order valence-electron chi connectivity index (χ3n) is 6.23. The number of nitrogens with one attached hydrogen (secondary N) is 1. The van der Waals surface area contributed by atoms with Gasteiger partial charge in [0.1, 0.15) is 5.75 Å². The normalized spacial score (nSPS) is 18.1. The summed E-state index contributed by atoms with van der Waals surface area (Å²) in [5, 5.41) is 3.06. The highest BCUT2D eigenvalue weighted by molar-refractivity contribution is 7.89. The fourth-order valence-corrected chi connectivity index (χ4v) is 5.73. The van der Waals surface area contributed by atoms with Crippen molar-refractivity contribution in [2.24, 2.45) is 5.92 Å². The second-order valence-corrected chi connectivity index (χ2v) is 10.5. The molecule has 0 spiro atoms. The first-order valence-corrected chi connectivity index (χ1v) is 13.3. The molecule has 0 aromatic heterocycles. The molecule has 2 aromatic rings. The van der Waals surface area contributed by atoms with E-state index in [9.17, 15) is 13.2 Å². The van der Waals surface area contributed by atoms with E-state index in [1.54, 1.807) is 12.1 Å². The molecule has 0 radical (unpaired) electrons. The predicted molar refractivity (Wildman–Crippen MR) is 128 cm³/mol. The van der Waals surface area contributed by atoms with Crippen molar-refractivity contribution in [3.05, 3.63) is 48.0 Å². The first-order valence-electron chi connectivity index (χ1n) is 11.8. The minimum absolute atomic E-state index is 0.0472. The molecular weight excluding hydrogens is 456 g/mol. The van der Waals surface area contributed by atoms with Gasteiger partial charge in [0.25, 0.3) is 0 Å². The van der Waals surface area contributed by atoms with E-state index in [0.717, 1.165) is 17.7 Å². The van der Waals surface area contributed by atoms with Crippen LogP contribution in [0.1, 0.15) is 44.7 Å². The van der Waals surface area contributed by atoms with Crippen LogP contribution in [0.3, 0.4) is 0 Å². The van der Waals surface area contributed by atoms with E-state index in [1.807, 2.05) is 38.1 Å². The van der Waals surface area contributed by atoms with E-state index in [1.165, 1.54) is 10.4 Å². The van der Waals surface area contributed by atoms with E-state index < -0.39 is 10.0 Å². The van der Waals surface area contributed by atoms with Crippen LogP contribution in [0.5, 0.6) is 17.2 Å². The summed E-state index contributed by atoms with van der Waals surface area (Å²) in [4.78, 5) is 13.0. The first kappa shape index (κ1) is 24.3. The van der Waals surface area contributed by atoms with E-state index in [-0.39, 0.29) is 22.8 Å². The number of hydrogen-bond donors (Lipinski definition) is 1. The molecule has 34 heavy (non-hydrogen) atoms. The molecule has 2 aliphatic rings. The lowest BCUT2D eigenvalue weighted by Crippen LogP contribution is -2.43. The highest BCUT2D eigenvalue weighted by atomic mass is 32.2. The van der Waals surface area contributed by atoms with Crippen molar-refractivity contribution in [2.75, 3.05) is 32.9 Å². The van der Waals surface area contributed by atoms with Gasteiger partial charge in [0.2, 0.25) is 15.9 Å². The molecule has 1 fully saturated rings. The average molecular weight is 489 g/mol. The van der Waals surface area contributed by atoms with E-state index in [4.69, 9.17) is 14.2 Å². The van der Waals surface area contributed by atoms with Crippen LogP contribution in [0, 0.1) is 5.92 Å². The van der Waals surface area contributed by atoms with Crippen molar-refractivity contribution in [1.82, 2.24) is 9.62 Å². The van der Waals surface area contributed by atoms with Crippen LogP contribution in [0.25, 0.3) is 0 Å². The number of benzene rings is 2. The van der Waals surface area contributed by atoms with Crippen molar-refractivity contribution >= 4 is 15.9 Å². The molecule has 4 rings (SSSR count). The van der Waals surface area contributed by atoms with Crippen LogP contribution >= 0.6 is 0 Å². The lowest BCUT2D eigenvalue weighted by Gasteiger charge is -2.31. The third kappa shape index (κ3) is 5.47. The van der Waals surface area contributed by atoms with Gasteiger partial charge in [-0.05, 0) is 56.5 Å². The maximum absolute atomic E-state index is 13.2. The van der Waals surface area contributed by atoms with E-state index >= 15 is 0 Å². The Balaban J connectivity index is 1.34. The van der Waals surface area contributed by atoms with Gasteiger partial charge in [0.15, 0.2) is 11.5 Å². The molecular formula is C25H32N2O6S. The highest BCUT2D eigenvalue weighted by Gasteiger charge is 2.33. The van der Waals surface area contributed by atoms with Crippen LogP contribution in [-0.4, -0.2) is 51.5 Å². The maximum Gasteiger partial charge on any atom is 0.243 e. The van der Waals surface area contributed by atoms with Crippen molar-refractivity contribution in [3.63, 3.8) is 0 Å². The van der Waals surface area contributed by atoms with Gasteiger partial charge < -0.3 is 19.5 Å². The summed E-state index contributed by atoms with van der Waals surface area (Å²) >= 11 is 0. The van der Waals surface area contributed by atoms with Crippen LogP contribution < -0.4 is 19.5 Å². The Morgan fingerprint density at radius 2 is 1.76 bits per heavy atom. The lowest BCUT2D eigenvalue weighted by atomic mass is 9.96. The van der Waals surface area contributed by atoms with Gasteiger partial charge in [-0.1, -0.05) is 12.1 Å². The summed E-state index contributed by atoms with van der Waals surface area (Å²) < 4.78 is 44.5. The van der Waals surface area contributed by atoms with Gasteiger partial charge in [0.05, 0.1) is 30.8 Å². The zero-order chi connectivity index (χ0) is 24.1. The number of piperidine rings is 1. The second-order valence-electron chi connectivity index (χ2n) is 8.57. The molecule has 0 unspecified atom stereocenters. The second kappa shape index (κ2) is 10.7. The standard InChI is InChI=1S/C25H32N2O6S/c1-3-31-21-7-5-19(6-8-21)18(2)26-25(28)20-11-13-27(14-12-20)34(29,30)22-9-10-23-24(17-22)33-16-4-15-32-23/h5-10,17-18,20H,3-4,11-16H2,1-2H3,(H,26,28)/t18-/m1/s1. The fraction of sp³-hybridized carbons (Fsp3) is 0.480. The van der Waals surface area contributed by atoms with Crippen molar-refractivity contribution in [3.8, 4) is 17.2 Å². The minimum Gasteiger partial charge on any atom is -0.494 e. The SMILES string of the molecule is CCOc1ccc([C@@H](C)NC(=O)C2CCN(S(=O)(=O)c3ccc4c(c3)OCCCO4)CC2)cc1. The van der Waals surface area contributed by atoms with Gasteiger partial charge in [-0.25, -0.2) is 8.42 Å². The zero-order valence-electron chi connectivity index (χ0n) is 19.7. The third-order valence-corrected chi connectivity index (χ3v) is 8.13. The van der Waals surface area contributed by atoms with Crippen molar-refractivity contribution in [1.29, 1.82) is 0 Å². The molecule has 0 aliphatic carbocycles. The lowest BCUT2D eigenvalue weighted by molar-refractivity contribution is -0.126. The van der Waals surface area contributed by atoms with Crippen LogP contribution in [-0.2, 0) is 14.8 Å². The largest absolute Gasteiger partial charge is 0.494 e. The summed E-state index contributed by atoms with van der Waals surface area (Å²) in [6.07, 6.45) is 1.71. The van der Waals surface area contributed by atoms with Crippen LogP contribution in [0.15, 0.2) is 47.4 Å². The Labute approximate surface area is 201 Å². The Bertz CT molecular complexity index is 1090. The highest BCUT2D eigenvalue weighted by Crippen LogP contribution is 2.34. The Kier molecular flexibility index (Phi) is 7.63. The number of amides is 1. The monoisotopic (exact) mass is 488 g/mol. The Morgan fingerprint density at radius 3 is 2.44 bits per heavy atom. The van der Waals surface area contributed by atoms with E-state index in [0.29, 0.717) is 57.3 Å². The molecule has 2 aliphatic heterocycles. The molecule has 1 atom stereocenters. The minimum atomic E-state index is -3.68. The molecule has 2 heterocycles. The molecule has 9 heteroatoms. The quantitative estimate of drug-likeness (QED) is 0.641. The maximum atomic E-state index is 13.2. The van der Waals surface area contributed by atoms with Gasteiger partial charge in [-0.15, -0.1) is 0 Å². The number of rotatable bonds is 7. The number of hydrogen-bond acceptors (Lipinski definition) is 6. The first-order chi connectivity index (χ1) is 16.4.